The van der Waals surface area contributed by atoms with Gasteiger partial charge in [0.1, 0.15) is 5.82 Å². The van der Waals surface area contributed by atoms with Crippen LogP contribution in [0.1, 0.15) is 0 Å². The van der Waals surface area contributed by atoms with E-state index in [4.69, 9.17) is 0 Å². The Morgan fingerprint density at radius 3 is 1.53 bits per heavy atom. The Morgan fingerprint density at radius 2 is 1.27 bits per heavy atom. The zero-order valence-corrected chi connectivity index (χ0v) is 6.95. The highest BCUT2D eigenvalue weighted by Gasteiger charge is 2.15. The number of nitrogens with zero attached hydrogens (tertiary/aromatic N) is 2. The predicted molar refractivity (Wildman–Crippen MR) is 44.7 cm³/mol. The minimum absolute atomic E-state index is 0. The molecule has 0 aliphatic rings. The van der Waals surface area contributed by atoms with Gasteiger partial charge in [0.05, 0.1) is 28.0 Å². The summed E-state index contributed by atoms with van der Waals surface area (Å²) in [6, 6.07) is 1.93. The van der Waals surface area contributed by atoms with Gasteiger partial charge in [0.2, 0.25) is 0 Å². The van der Waals surface area contributed by atoms with Crippen molar-refractivity contribution in [2.24, 2.45) is 0 Å². The number of nitro groups is 2. The van der Waals surface area contributed by atoms with Crippen molar-refractivity contribution in [2.75, 3.05) is 0 Å². The minimum atomic E-state index is -0.999. The van der Waals surface area contributed by atoms with Crippen LogP contribution in [-0.2, 0) is 0 Å². The fourth-order valence-electron chi connectivity index (χ4n) is 0.770. The van der Waals surface area contributed by atoms with Crippen LogP contribution in [0, 0.1) is 26.0 Å². The highest BCUT2D eigenvalue weighted by molar-refractivity contribution is 5.42. The highest BCUT2D eigenvalue weighted by Crippen LogP contribution is 2.21. The van der Waals surface area contributed by atoms with Gasteiger partial charge >= 0.3 is 0 Å². The zero-order chi connectivity index (χ0) is 10.0. The molecule has 9 heteroatoms. The summed E-state index contributed by atoms with van der Waals surface area (Å²) in [5.41, 5.74) is -1.27. The standard InChI is InChI=1S/C6H3FN2O4.2FH/c7-4-1-5(8(10)11)3-6(2-4)9(12)13;;/h1-3H;2*1H. The van der Waals surface area contributed by atoms with E-state index in [0.29, 0.717) is 18.2 Å². The number of halogens is 3. The first-order chi connectivity index (χ1) is 6.00. The van der Waals surface area contributed by atoms with Crippen LogP contribution in [0.15, 0.2) is 18.2 Å². The van der Waals surface area contributed by atoms with Crippen LogP contribution >= 0.6 is 0 Å². The third kappa shape index (κ3) is 3.58. The molecule has 0 fully saturated rings. The lowest BCUT2D eigenvalue weighted by molar-refractivity contribution is -0.394. The molecule has 0 atom stereocenters. The molecular formula is C6H5F3N2O4. The van der Waals surface area contributed by atoms with Crippen molar-refractivity contribution >= 4 is 11.4 Å². The van der Waals surface area contributed by atoms with Gasteiger partial charge in [-0.3, -0.25) is 29.6 Å². The van der Waals surface area contributed by atoms with Crippen molar-refractivity contribution in [1.82, 2.24) is 0 Å². The Labute approximate surface area is 80.4 Å². The second-order valence-corrected chi connectivity index (χ2v) is 2.18. The number of nitro benzene ring substituents is 2. The lowest BCUT2D eigenvalue weighted by atomic mass is 10.3. The maximum absolute atomic E-state index is 12.5. The second-order valence-electron chi connectivity index (χ2n) is 2.18. The molecule has 0 aliphatic carbocycles. The Bertz CT molecular complexity index is 352. The van der Waals surface area contributed by atoms with E-state index >= 15 is 0 Å². The maximum atomic E-state index is 12.5. The molecule has 0 aromatic heterocycles. The highest BCUT2D eigenvalue weighted by atomic mass is 19.1. The largest absolute Gasteiger partial charge is 0.279 e. The fourth-order valence-corrected chi connectivity index (χ4v) is 0.770. The summed E-state index contributed by atoms with van der Waals surface area (Å²) in [6.45, 7) is 0. The van der Waals surface area contributed by atoms with E-state index in [1.807, 2.05) is 0 Å². The third-order valence-corrected chi connectivity index (χ3v) is 1.29. The molecule has 0 aliphatic heterocycles. The van der Waals surface area contributed by atoms with Crippen molar-refractivity contribution in [2.45, 2.75) is 0 Å². The molecule has 0 saturated carbocycles. The first kappa shape index (κ1) is 15.3. The number of hydrogen-bond donors (Lipinski definition) is 0. The van der Waals surface area contributed by atoms with Gasteiger partial charge in [-0.15, -0.1) is 0 Å². The first-order valence-electron chi connectivity index (χ1n) is 3.10. The smallest absolute Gasteiger partial charge is 0.269 e. The quantitative estimate of drug-likeness (QED) is 0.569. The molecule has 0 radical (unpaired) electrons. The Morgan fingerprint density at radius 1 is 0.933 bits per heavy atom. The topological polar surface area (TPSA) is 86.3 Å². The van der Waals surface area contributed by atoms with Crippen molar-refractivity contribution in [3.05, 3.63) is 44.2 Å². The van der Waals surface area contributed by atoms with Gasteiger partial charge in [0.15, 0.2) is 0 Å². The average molecular weight is 226 g/mol. The first-order valence-corrected chi connectivity index (χ1v) is 3.10. The van der Waals surface area contributed by atoms with Crippen LogP contribution in [0.3, 0.4) is 0 Å². The molecule has 0 spiro atoms. The summed E-state index contributed by atoms with van der Waals surface area (Å²) >= 11 is 0. The lowest BCUT2D eigenvalue weighted by Gasteiger charge is -1.92. The fraction of sp³-hybridized carbons (Fsp3) is 0. The van der Waals surface area contributed by atoms with Gasteiger partial charge in [-0.05, 0) is 0 Å². The van der Waals surface area contributed by atoms with Gasteiger partial charge in [-0.2, -0.15) is 0 Å². The maximum Gasteiger partial charge on any atom is 0.279 e. The zero-order valence-electron chi connectivity index (χ0n) is 6.95. The lowest BCUT2D eigenvalue weighted by Crippen LogP contribution is -1.93. The number of rotatable bonds is 2. The van der Waals surface area contributed by atoms with Crippen LogP contribution in [0.2, 0.25) is 0 Å². The monoisotopic (exact) mass is 226 g/mol. The van der Waals surface area contributed by atoms with Gasteiger partial charge in [-0.25, -0.2) is 4.39 Å². The molecule has 0 N–H and O–H groups in total. The number of hydrogen-bond acceptors (Lipinski definition) is 4. The molecule has 1 aromatic rings. The molecule has 1 rings (SSSR count). The molecule has 0 unspecified atom stereocenters. The van der Waals surface area contributed by atoms with Crippen molar-refractivity contribution in [3.8, 4) is 0 Å². The van der Waals surface area contributed by atoms with Gasteiger partial charge in [0.25, 0.3) is 11.4 Å². The molecule has 1 aromatic carbocycles. The van der Waals surface area contributed by atoms with Crippen LogP contribution in [-0.4, -0.2) is 9.85 Å². The number of benzene rings is 1. The molecule has 0 bridgehead atoms. The predicted octanol–water partition coefficient (Wildman–Crippen LogP) is 1.95. The summed E-state index contributed by atoms with van der Waals surface area (Å²) in [4.78, 5) is 18.5. The van der Waals surface area contributed by atoms with E-state index in [-0.39, 0.29) is 9.41 Å². The Hall–Kier alpha value is -2.19. The summed E-state index contributed by atoms with van der Waals surface area (Å²) in [5, 5.41) is 20.3. The Kier molecular flexibility index (Phi) is 5.63. The van der Waals surface area contributed by atoms with Crippen LogP contribution in [0.4, 0.5) is 25.2 Å². The molecule has 0 saturated heterocycles. The Balaban J connectivity index is 0. The van der Waals surface area contributed by atoms with Gasteiger partial charge < -0.3 is 0 Å². The van der Waals surface area contributed by atoms with Crippen LogP contribution < -0.4 is 0 Å². The SMILES string of the molecule is F.F.O=[N+]([O-])c1cc(F)cc([N+](=O)[O-])c1. The minimum Gasteiger partial charge on any atom is -0.269 e. The van der Waals surface area contributed by atoms with Crippen molar-refractivity contribution < 1.29 is 23.6 Å². The summed E-state index contributed by atoms with van der Waals surface area (Å²) in [5.74, 6) is -0.999. The van der Waals surface area contributed by atoms with E-state index < -0.39 is 27.0 Å². The summed E-state index contributed by atoms with van der Waals surface area (Å²) in [6.07, 6.45) is 0. The number of non-ortho nitro benzene ring substituents is 2. The van der Waals surface area contributed by atoms with E-state index in [9.17, 15) is 24.6 Å². The second kappa shape index (κ2) is 5.52. The van der Waals surface area contributed by atoms with Crippen LogP contribution in [0.5, 0.6) is 0 Å². The van der Waals surface area contributed by atoms with E-state index in [1.165, 1.54) is 0 Å². The molecule has 0 heterocycles. The average Bonchev–Trinajstić information content (AvgIpc) is 2.03. The van der Waals surface area contributed by atoms with Crippen molar-refractivity contribution in [3.63, 3.8) is 0 Å². The van der Waals surface area contributed by atoms with Gasteiger partial charge in [0, 0.05) is 0 Å². The van der Waals surface area contributed by atoms with Gasteiger partial charge in [-0.1, -0.05) is 0 Å². The summed E-state index contributed by atoms with van der Waals surface area (Å²) < 4.78 is 12.5. The molecular weight excluding hydrogens is 221 g/mol. The normalized spacial score (nSPS) is 8.33. The summed E-state index contributed by atoms with van der Waals surface area (Å²) in [7, 11) is 0. The molecule has 6 nitrogen and oxygen atoms in total. The molecule has 15 heavy (non-hydrogen) atoms. The molecule has 84 valence electrons. The van der Waals surface area contributed by atoms with E-state index in [0.717, 1.165) is 0 Å². The van der Waals surface area contributed by atoms with E-state index in [1.54, 1.807) is 0 Å². The third-order valence-electron chi connectivity index (χ3n) is 1.29. The van der Waals surface area contributed by atoms with Crippen molar-refractivity contribution in [1.29, 1.82) is 0 Å². The molecule has 0 amide bonds. The van der Waals surface area contributed by atoms with E-state index in [2.05, 4.69) is 0 Å². The van der Waals surface area contributed by atoms with Crippen LogP contribution in [0.25, 0.3) is 0 Å².